The summed E-state index contributed by atoms with van der Waals surface area (Å²) in [5.74, 6) is 0.558. The number of aryl methyl sites for hydroxylation is 1. The summed E-state index contributed by atoms with van der Waals surface area (Å²) >= 11 is 0. The summed E-state index contributed by atoms with van der Waals surface area (Å²) in [6, 6.07) is 11.5. The summed E-state index contributed by atoms with van der Waals surface area (Å²) in [5, 5.41) is 2.89. The van der Waals surface area contributed by atoms with E-state index in [1.165, 1.54) is 5.56 Å². The van der Waals surface area contributed by atoms with Crippen LogP contribution in [0.15, 0.2) is 48.8 Å². The van der Waals surface area contributed by atoms with Crippen LogP contribution in [0.1, 0.15) is 31.0 Å². The van der Waals surface area contributed by atoms with Crippen molar-refractivity contribution in [1.29, 1.82) is 0 Å². The van der Waals surface area contributed by atoms with Gasteiger partial charge in [-0.05, 0) is 42.7 Å². The van der Waals surface area contributed by atoms with Gasteiger partial charge in [0, 0.05) is 12.4 Å². The molecule has 0 saturated carbocycles. The number of benzene rings is 1. The lowest BCUT2D eigenvalue weighted by atomic mass is 10.1. The number of pyridine rings is 1. The molecule has 0 spiro atoms. The average Bonchev–Trinajstić information content (AvgIpc) is 2.54. The second-order valence-electron chi connectivity index (χ2n) is 4.86. The monoisotopic (exact) mass is 284 g/mol. The summed E-state index contributed by atoms with van der Waals surface area (Å²) < 4.78 is 5.48. The van der Waals surface area contributed by atoms with Gasteiger partial charge in [-0.1, -0.05) is 25.1 Å². The average molecular weight is 284 g/mol. The molecule has 0 saturated heterocycles. The smallest absolute Gasteiger partial charge is 0.258 e. The second-order valence-corrected chi connectivity index (χ2v) is 4.86. The van der Waals surface area contributed by atoms with Crippen molar-refractivity contribution in [1.82, 2.24) is 10.3 Å². The van der Waals surface area contributed by atoms with Crippen LogP contribution in [0.25, 0.3) is 0 Å². The van der Waals surface area contributed by atoms with Crippen molar-refractivity contribution in [2.24, 2.45) is 0 Å². The third-order valence-corrected chi connectivity index (χ3v) is 3.26. The number of rotatable bonds is 6. The van der Waals surface area contributed by atoms with Crippen molar-refractivity contribution in [2.45, 2.75) is 26.3 Å². The van der Waals surface area contributed by atoms with Gasteiger partial charge in [-0.3, -0.25) is 9.78 Å². The maximum Gasteiger partial charge on any atom is 0.258 e. The standard InChI is InChI=1S/C17H20N2O2/c1-3-14-6-8-16(9-7-14)21-12-17(20)19-13(2)15-5-4-10-18-11-15/h4-11,13H,3,12H2,1-2H3,(H,19,20). The zero-order valence-electron chi connectivity index (χ0n) is 12.4. The molecule has 1 aromatic heterocycles. The van der Waals surface area contributed by atoms with Crippen molar-refractivity contribution in [3.8, 4) is 5.75 Å². The van der Waals surface area contributed by atoms with Crippen LogP contribution in [-0.4, -0.2) is 17.5 Å². The zero-order chi connectivity index (χ0) is 15.1. The van der Waals surface area contributed by atoms with Crippen molar-refractivity contribution in [3.63, 3.8) is 0 Å². The van der Waals surface area contributed by atoms with E-state index >= 15 is 0 Å². The molecule has 0 fully saturated rings. The minimum atomic E-state index is -0.147. The van der Waals surface area contributed by atoms with Crippen LogP contribution in [-0.2, 0) is 11.2 Å². The number of carbonyl (C=O) groups excluding carboxylic acids is 1. The minimum Gasteiger partial charge on any atom is -0.484 e. The van der Waals surface area contributed by atoms with Gasteiger partial charge in [-0.15, -0.1) is 0 Å². The fourth-order valence-electron chi connectivity index (χ4n) is 1.97. The normalized spacial score (nSPS) is 11.7. The molecular weight excluding hydrogens is 264 g/mol. The Labute approximate surface area is 125 Å². The van der Waals surface area contributed by atoms with Gasteiger partial charge >= 0.3 is 0 Å². The molecule has 4 heteroatoms. The quantitative estimate of drug-likeness (QED) is 0.887. The van der Waals surface area contributed by atoms with Crippen LogP contribution < -0.4 is 10.1 Å². The molecule has 0 aliphatic carbocycles. The summed E-state index contributed by atoms with van der Waals surface area (Å²) in [4.78, 5) is 15.9. The van der Waals surface area contributed by atoms with Crippen molar-refractivity contribution >= 4 is 5.91 Å². The Morgan fingerprint density at radius 1 is 1.29 bits per heavy atom. The molecule has 1 atom stereocenters. The predicted octanol–water partition coefficient (Wildman–Crippen LogP) is 2.90. The first kappa shape index (κ1) is 15.0. The molecule has 2 rings (SSSR count). The van der Waals surface area contributed by atoms with Gasteiger partial charge in [0.1, 0.15) is 5.75 Å². The zero-order valence-corrected chi connectivity index (χ0v) is 12.4. The molecule has 1 aromatic carbocycles. The summed E-state index contributed by atoms with van der Waals surface area (Å²) in [6.45, 7) is 4.03. The van der Waals surface area contributed by atoms with Gasteiger partial charge in [0.05, 0.1) is 6.04 Å². The van der Waals surface area contributed by atoms with Crippen molar-refractivity contribution < 1.29 is 9.53 Å². The van der Waals surface area contributed by atoms with E-state index in [9.17, 15) is 4.79 Å². The molecule has 0 aliphatic rings. The number of hydrogen-bond acceptors (Lipinski definition) is 3. The van der Waals surface area contributed by atoms with E-state index in [1.54, 1.807) is 12.4 Å². The largest absolute Gasteiger partial charge is 0.484 e. The minimum absolute atomic E-state index is 0.00999. The molecule has 0 aliphatic heterocycles. The van der Waals surface area contributed by atoms with Gasteiger partial charge in [-0.2, -0.15) is 0 Å². The van der Waals surface area contributed by atoms with Crippen LogP contribution >= 0.6 is 0 Å². The Kier molecular flexibility index (Phi) is 5.32. The third-order valence-electron chi connectivity index (χ3n) is 3.26. The Balaban J connectivity index is 1.81. The van der Waals surface area contributed by atoms with E-state index in [2.05, 4.69) is 17.2 Å². The number of amides is 1. The number of nitrogens with one attached hydrogen (secondary N) is 1. The maximum atomic E-state index is 11.9. The summed E-state index contributed by atoms with van der Waals surface area (Å²) in [6.07, 6.45) is 4.44. The van der Waals surface area contributed by atoms with E-state index in [1.807, 2.05) is 43.3 Å². The molecule has 4 nitrogen and oxygen atoms in total. The van der Waals surface area contributed by atoms with E-state index < -0.39 is 0 Å². The summed E-state index contributed by atoms with van der Waals surface area (Å²) in [5.41, 5.74) is 2.22. The number of nitrogens with zero attached hydrogens (tertiary/aromatic N) is 1. The Morgan fingerprint density at radius 2 is 2.05 bits per heavy atom. The molecule has 0 radical (unpaired) electrons. The molecule has 1 N–H and O–H groups in total. The molecule has 1 heterocycles. The molecule has 1 amide bonds. The Bertz CT molecular complexity index is 567. The topological polar surface area (TPSA) is 51.2 Å². The van der Waals surface area contributed by atoms with Crippen LogP contribution in [0.3, 0.4) is 0 Å². The van der Waals surface area contributed by atoms with Gasteiger partial charge in [-0.25, -0.2) is 0 Å². The van der Waals surface area contributed by atoms with E-state index in [0.717, 1.165) is 12.0 Å². The maximum absolute atomic E-state index is 11.9. The highest BCUT2D eigenvalue weighted by Gasteiger charge is 2.10. The number of ether oxygens (including phenoxy) is 1. The molecular formula is C17H20N2O2. The second kappa shape index (κ2) is 7.43. The number of carbonyl (C=O) groups is 1. The first-order chi connectivity index (χ1) is 10.2. The van der Waals surface area contributed by atoms with Gasteiger partial charge < -0.3 is 10.1 Å². The lowest BCUT2D eigenvalue weighted by molar-refractivity contribution is -0.123. The number of aromatic nitrogens is 1. The predicted molar refractivity (Wildman–Crippen MR) is 82.1 cm³/mol. The van der Waals surface area contributed by atoms with Gasteiger partial charge in [0.15, 0.2) is 6.61 Å². The fourth-order valence-corrected chi connectivity index (χ4v) is 1.97. The third kappa shape index (κ3) is 4.60. The molecule has 0 bridgehead atoms. The highest BCUT2D eigenvalue weighted by molar-refractivity contribution is 5.78. The van der Waals surface area contributed by atoms with Crippen LogP contribution in [0, 0.1) is 0 Å². The lowest BCUT2D eigenvalue weighted by Gasteiger charge is -2.14. The lowest BCUT2D eigenvalue weighted by Crippen LogP contribution is -2.31. The Hall–Kier alpha value is -2.36. The van der Waals surface area contributed by atoms with Gasteiger partial charge in [0.2, 0.25) is 0 Å². The highest BCUT2D eigenvalue weighted by atomic mass is 16.5. The molecule has 110 valence electrons. The van der Waals surface area contributed by atoms with E-state index in [0.29, 0.717) is 5.75 Å². The van der Waals surface area contributed by atoms with Crippen LogP contribution in [0.5, 0.6) is 5.75 Å². The van der Waals surface area contributed by atoms with Gasteiger partial charge in [0.25, 0.3) is 5.91 Å². The van der Waals surface area contributed by atoms with Crippen LogP contribution in [0.2, 0.25) is 0 Å². The molecule has 21 heavy (non-hydrogen) atoms. The number of hydrogen-bond donors (Lipinski definition) is 1. The van der Waals surface area contributed by atoms with E-state index in [-0.39, 0.29) is 18.6 Å². The Morgan fingerprint density at radius 3 is 2.67 bits per heavy atom. The molecule has 2 aromatic rings. The fraction of sp³-hybridized carbons (Fsp3) is 0.294. The SMILES string of the molecule is CCc1ccc(OCC(=O)NC(C)c2cccnc2)cc1. The van der Waals surface area contributed by atoms with Crippen molar-refractivity contribution in [2.75, 3.05) is 6.61 Å². The van der Waals surface area contributed by atoms with Crippen molar-refractivity contribution in [3.05, 3.63) is 59.9 Å². The first-order valence-electron chi connectivity index (χ1n) is 7.10. The highest BCUT2D eigenvalue weighted by Crippen LogP contribution is 2.13. The van der Waals surface area contributed by atoms with E-state index in [4.69, 9.17) is 4.74 Å². The van der Waals surface area contributed by atoms with Crippen LogP contribution in [0.4, 0.5) is 0 Å². The first-order valence-corrected chi connectivity index (χ1v) is 7.10. The molecule has 1 unspecified atom stereocenters. The summed E-state index contributed by atoms with van der Waals surface area (Å²) in [7, 11) is 0.